The number of carbonyl (C=O) groups excluding carboxylic acids is 1. The van der Waals surface area contributed by atoms with Crippen LogP contribution in [-0.4, -0.2) is 10.9 Å². The minimum absolute atomic E-state index is 0.222. The molecule has 0 aliphatic rings. The van der Waals surface area contributed by atoms with Gasteiger partial charge in [0, 0.05) is 16.3 Å². The van der Waals surface area contributed by atoms with Gasteiger partial charge in [-0.25, -0.2) is 4.98 Å². The fourth-order valence-corrected chi connectivity index (χ4v) is 2.70. The van der Waals surface area contributed by atoms with Crippen molar-refractivity contribution in [2.24, 2.45) is 0 Å². The number of carbonyl (C=O) groups is 1. The fourth-order valence-electron chi connectivity index (χ4n) is 2.51. The van der Waals surface area contributed by atoms with Gasteiger partial charge < -0.3 is 10.6 Å². The molecule has 25 heavy (non-hydrogen) atoms. The maximum Gasteiger partial charge on any atom is 0.255 e. The van der Waals surface area contributed by atoms with Crippen molar-refractivity contribution >= 4 is 34.7 Å². The number of nitrogens with one attached hydrogen (secondary N) is 2. The molecule has 1 amide bonds. The number of aryl methyl sites for hydroxylation is 2. The summed E-state index contributed by atoms with van der Waals surface area (Å²) in [5, 5.41) is 6.66. The van der Waals surface area contributed by atoms with E-state index >= 15 is 0 Å². The van der Waals surface area contributed by atoms with Crippen molar-refractivity contribution < 1.29 is 4.79 Å². The van der Waals surface area contributed by atoms with E-state index in [1.165, 1.54) is 0 Å². The van der Waals surface area contributed by atoms with Gasteiger partial charge in [0.15, 0.2) is 0 Å². The van der Waals surface area contributed by atoms with E-state index in [-0.39, 0.29) is 5.91 Å². The molecule has 1 aromatic heterocycles. The molecule has 0 unspecified atom stereocenters. The van der Waals surface area contributed by atoms with Crippen LogP contribution in [0.15, 0.2) is 60.8 Å². The normalized spacial score (nSPS) is 10.4. The molecule has 0 fully saturated rings. The van der Waals surface area contributed by atoms with Crippen LogP contribution in [0.4, 0.5) is 17.2 Å². The Morgan fingerprint density at radius 1 is 1.00 bits per heavy atom. The molecule has 5 heteroatoms. The van der Waals surface area contributed by atoms with E-state index < -0.39 is 0 Å². The van der Waals surface area contributed by atoms with E-state index in [4.69, 9.17) is 11.6 Å². The van der Waals surface area contributed by atoms with Gasteiger partial charge in [-0.2, -0.15) is 0 Å². The van der Waals surface area contributed by atoms with E-state index in [0.717, 1.165) is 22.6 Å². The highest BCUT2D eigenvalue weighted by Gasteiger charge is 2.07. The van der Waals surface area contributed by atoms with Crippen LogP contribution >= 0.6 is 11.6 Å². The number of nitrogens with zero attached hydrogens (tertiary/aromatic N) is 1. The summed E-state index contributed by atoms with van der Waals surface area (Å²) < 4.78 is 0. The summed E-state index contributed by atoms with van der Waals surface area (Å²) in [7, 11) is 0. The molecule has 126 valence electrons. The molecule has 0 bridgehead atoms. The summed E-state index contributed by atoms with van der Waals surface area (Å²) >= 11 is 5.91. The smallest absolute Gasteiger partial charge is 0.255 e. The molecule has 0 radical (unpaired) electrons. The third-order valence-corrected chi connectivity index (χ3v) is 4.08. The summed E-state index contributed by atoms with van der Waals surface area (Å²) in [6, 6.07) is 16.6. The zero-order valence-corrected chi connectivity index (χ0v) is 14.8. The van der Waals surface area contributed by atoms with Crippen molar-refractivity contribution in [3.05, 3.63) is 82.5 Å². The van der Waals surface area contributed by atoms with Gasteiger partial charge >= 0.3 is 0 Å². The Kier molecular flexibility index (Phi) is 5.00. The Morgan fingerprint density at radius 3 is 2.36 bits per heavy atom. The molecule has 2 N–H and O–H groups in total. The van der Waals surface area contributed by atoms with Crippen LogP contribution in [-0.2, 0) is 0 Å². The van der Waals surface area contributed by atoms with Gasteiger partial charge in [-0.15, -0.1) is 0 Å². The van der Waals surface area contributed by atoms with Crippen molar-refractivity contribution in [3.8, 4) is 0 Å². The molecule has 0 aliphatic heterocycles. The van der Waals surface area contributed by atoms with Gasteiger partial charge in [0.25, 0.3) is 5.91 Å². The highest BCUT2D eigenvalue weighted by molar-refractivity contribution is 6.31. The Bertz CT molecular complexity index is 887. The Labute approximate surface area is 151 Å². The number of benzene rings is 2. The van der Waals surface area contributed by atoms with Crippen molar-refractivity contribution in [2.75, 3.05) is 10.6 Å². The predicted molar refractivity (Wildman–Crippen MR) is 103 cm³/mol. The van der Waals surface area contributed by atoms with Crippen molar-refractivity contribution in [3.63, 3.8) is 0 Å². The lowest BCUT2D eigenvalue weighted by atomic mass is 10.1. The largest absolute Gasteiger partial charge is 0.340 e. The maximum atomic E-state index is 12.2. The number of halogens is 1. The van der Waals surface area contributed by atoms with Crippen LogP contribution < -0.4 is 10.6 Å². The topological polar surface area (TPSA) is 54.0 Å². The second kappa shape index (κ2) is 7.36. The summed E-state index contributed by atoms with van der Waals surface area (Å²) in [5.74, 6) is 0.498. The van der Waals surface area contributed by atoms with Gasteiger partial charge in [-0.3, -0.25) is 4.79 Å². The van der Waals surface area contributed by atoms with Crippen LogP contribution in [0.5, 0.6) is 0 Å². The molecule has 1 heterocycles. The first-order chi connectivity index (χ1) is 12.0. The predicted octanol–water partition coefficient (Wildman–Crippen LogP) is 5.35. The number of anilines is 3. The molecule has 0 saturated heterocycles. The van der Waals surface area contributed by atoms with Gasteiger partial charge in [0.05, 0.1) is 11.9 Å². The molecular formula is C20H18ClN3O. The van der Waals surface area contributed by atoms with E-state index in [0.29, 0.717) is 16.3 Å². The Balaban J connectivity index is 1.71. The quantitative estimate of drug-likeness (QED) is 0.666. The van der Waals surface area contributed by atoms with E-state index in [2.05, 4.69) is 41.6 Å². The van der Waals surface area contributed by atoms with Crippen molar-refractivity contribution in [2.45, 2.75) is 13.8 Å². The number of hydrogen-bond donors (Lipinski definition) is 2. The number of aromatic nitrogens is 1. The Morgan fingerprint density at radius 2 is 1.72 bits per heavy atom. The fraction of sp³-hybridized carbons (Fsp3) is 0.100. The second-order valence-corrected chi connectivity index (χ2v) is 6.22. The first-order valence-corrected chi connectivity index (χ1v) is 8.27. The first kappa shape index (κ1) is 17.0. The summed E-state index contributed by atoms with van der Waals surface area (Å²) in [4.78, 5) is 16.6. The molecule has 0 atom stereocenters. The summed E-state index contributed by atoms with van der Waals surface area (Å²) in [6.07, 6.45) is 1.62. The van der Waals surface area contributed by atoms with Gasteiger partial charge in [0.1, 0.15) is 5.82 Å². The third-order valence-electron chi connectivity index (χ3n) is 3.84. The maximum absolute atomic E-state index is 12.2. The zero-order valence-electron chi connectivity index (χ0n) is 14.0. The van der Waals surface area contributed by atoms with Crippen molar-refractivity contribution in [1.29, 1.82) is 0 Å². The SMILES string of the molecule is Cc1cccc(C)c1Nc1ccc(NC(=O)c2cccc(Cl)c2)cn1. The lowest BCUT2D eigenvalue weighted by Gasteiger charge is -2.12. The van der Waals surface area contributed by atoms with Crippen LogP contribution in [0.25, 0.3) is 0 Å². The number of rotatable bonds is 4. The van der Waals surface area contributed by atoms with Crippen LogP contribution in [0.1, 0.15) is 21.5 Å². The summed E-state index contributed by atoms with van der Waals surface area (Å²) in [5.41, 5.74) is 4.48. The lowest BCUT2D eigenvalue weighted by Crippen LogP contribution is -2.12. The highest BCUT2D eigenvalue weighted by Crippen LogP contribution is 2.23. The number of pyridine rings is 1. The molecule has 0 saturated carbocycles. The number of para-hydroxylation sites is 1. The number of amides is 1. The van der Waals surface area contributed by atoms with Gasteiger partial charge in [0.2, 0.25) is 0 Å². The standard InChI is InChI=1S/C20H18ClN3O/c1-13-5-3-6-14(2)19(13)24-18-10-9-17(12-22-18)23-20(25)15-7-4-8-16(21)11-15/h3-12H,1-2H3,(H,22,24)(H,23,25). The zero-order chi connectivity index (χ0) is 17.8. The molecule has 0 spiro atoms. The van der Waals surface area contributed by atoms with E-state index in [9.17, 15) is 4.79 Å². The minimum Gasteiger partial charge on any atom is -0.340 e. The average molecular weight is 352 g/mol. The molecule has 3 rings (SSSR count). The van der Waals surface area contributed by atoms with Crippen LogP contribution in [0.2, 0.25) is 5.02 Å². The van der Waals surface area contributed by atoms with Crippen LogP contribution in [0, 0.1) is 13.8 Å². The molecular weight excluding hydrogens is 334 g/mol. The Hall–Kier alpha value is -2.85. The third kappa shape index (κ3) is 4.17. The molecule has 0 aliphatic carbocycles. The average Bonchev–Trinajstić information content (AvgIpc) is 2.60. The monoisotopic (exact) mass is 351 g/mol. The van der Waals surface area contributed by atoms with Crippen LogP contribution in [0.3, 0.4) is 0 Å². The van der Waals surface area contributed by atoms with Gasteiger partial charge in [-0.1, -0.05) is 35.9 Å². The van der Waals surface area contributed by atoms with E-state index in [1.54, 1.807) is 30.5 Å². The summed E-state index contributed by atoms with van der Waals surface area (Å²) in [6.45, 7) is 4.10. The van der Waals surface area contributed by atoms with Gasteiger partial charge in [-0.05, 0) is 55.3 Å². The molecule has 3 aromatic rings. The van der Waals surface area contributed by atoms with E-state index in [1.807, 2.05) is 18.2 Å². The number of hydrogen-bond acceptors (Lipinski definition) is 3. The second-order valence-electron chi connectivity index (χ2n) is 5.79. The van der Waals surface area contributed by atoms with Crippen molar-refractivity contribution in [1.82, 2.24) is 4.98 Å². The lowest BCUT2D eigenvalue weighted by molar-refractivity contribution is 0.102. The first-order valence-electron chi connectivity index (χ1n) is 7.89. The minimum atomic E-state index is -0.222. The molecule has 2 aromatic carbocycles. The highest BCUT2D eigenvalue weighted by atomic mass is 35.5. The molecule has 4 nitrogen and oxygen atoms in total.